The number of carboxylic acid groups (broad SMARTS) is 1. The molecule has 4 rings (SSSR count). The minimum Gasteiger partial charge on any atom is -0.465 e. The smallest absolute Gasteiger partial charge is 0.407 e. The van der Waals surface area contributed by atoms with Crippen LogP contribution in [0, 0.1) is 6.92 Å². The highest BCUT2D eigenvalue weighted by atomic mass is 79.9. The summed E-state index contributed by atoms with van der Waals surface area (Å²) in [7, 11) is 0. The van der Waals surface area contributed by atoms with E-state index < -0.39 is 6.09 Å². The molecular formula is C21H21Br2N3O2. The molecule has 7 heteroatoms. The van der Waals surface area contributed by atoms with Gasteiger partial charge < -0.3 is 15.7 Å². The molecule has 1 aromatic carbocycles. The number of piperidine rings is 1. The van der Waals surface area contributed by atoms with Crippen LogP contribution in [0.3, 0.4) is 0 Å². The molecule has 3 N–H and O–H groups in total. The Hall–Kier alpha value is -1.86. The Morgan fingerprint density at radius 3 is 2.57 bits per heavy atom. The van der Waals surface area contributed by atoms with E-state index in [0.717, 1.165) is 49.9 Å². The van der Waals surface area contributed by atoms with Gasteiger partial charge in [0.25, 0.3) is 0 Å². The second-order valence-electron chi connectivity index (χ2n) is 7.34. The van der Waals surface area contributed by atoms with Crippen molar-refractivity contribution in [1.29, 1.82) is 0 Å². The number of fused-ring (bicyclic) bond motifs is 2. The van der Waals surface area contributed by atoms with Crippen molar-refractivity contribution in [2.75, 3.05) is 18.8 Å². The van der Waals surface area contributed by atoms with Crippen molar-refractivity contribution in [3.63, 3.8) is 0 Å². The predicted molar refractivity (Wildman–Crippen MR) is 117 cm³/mol. The molecule has 1 amide bonds. The molecule has 0 radical (unpaired) electrons. The summed E-state index contributed by atoms with van der Waals surface area (Å²) < 4.78 is 2.03. The molecule has 1 aliphatic heterocycles. The van der Waals surface area contributed by atoms with Crippen LogP contribution in [0.25, 0.3) is 5.57 Å². The Labute approximate surface area is 180 Å². The van der Waals surface area contributed by atoms with E-state index in [9.17, 15) is 9.90 Å². The number of hydrogen-bond donors (Lipinski definition) is 2. The molecule has 146 valence electrons. The minimum absolute atomic E-state index is 0.512. The first kappa shape index (κ1) is 19.5. The number of rotatable bonds is 0. The van der Waals surface area contributed by atoms with Gasteiger partial charge in [-0.3, -0.25) is 4.98 Å². The lowest BCUT2D eigenvalue weighted by molar-refractivity contribution is 0.142. The summed E-state index contributed by atoms with van der Waals surface area (Å²) in [6, 6.07) is 4.21. The zero-order valence-corrected chi connectivity index (χ0v) is 18.7. The quantitative estimate of drug-likeness (QED) is 0.483. The van der Waals surface area contributed by atoms with Gasteiger partial charge in [-0.15, -0.1) is 0 Å². The van der Waals surface area contributed by atoms with Crippen molar-refractivity contribution in [2.24, 2.45) is 0 Å². The number of anilines is 1. The van der Waals surface area contributed by atoms with Crippen LogP contribution in [0.15, 0.2) is 32.8 Å². The summed E-state index contributed by atoms with van der Waals surface area (Å²) in [4.78, 5) is 17.6. The monoisotopic (exact) mass is 505 g/mol. The van der Waals surface area contributed by atoms with E-state index in [4.69, 9.17) is 10.7 Å². The molecule has 1 aromatic heterocycles. The Morgan fingerprint density at radius 2 is 1.89 bits per heavy atom. The number of amides is 1. The van der Waals surface area contributed by atoms with E-state index in [1.165, 1.54) is 21.6 Å². The lowest BCUT2D eigenvalue weighted by atomic mass is 9.87. The van der Waals surface area contributed by atoms with Crippen molar-refractivity contribution in [3.05, 3.63) is 60.8 Å². The minimum atomic E-state index is -0.851. The van der Waals surface area contributed by atoms with Crippen LogP contribution in [-0.4, -0.2) is 34.2 Å². The number of aromatic nitrogens is 1. The number of benzene rings is 1. The van der Waals surface area contributed by atoms with E-state index in [-0.39, 0.29) is 0 Å². The van der Waals surface area contributed by atoms with Crippen LogP contribution in [0.1, 0.15) is 40.8 Å². The third kappa shape index (κ3) is 3.35. The third-order valence-corrected chi connectivity index (χ3v) is 7.23. The van der Waals surface area contributed by atoms with Gasteiger partial charge in [-0.1, -0.05) is 21.5 Å². The van der Waals surface area contributed by atoms with Gasteiger partial charge in [0.05, 0.1) is 5.69 Å². The maximum atomic E-state index is 11.3. The van der Waals surface area contributed by atoms with Crippen molar-refractivity contribution >= 4 is 49.2 Å². The van der Waals surface area contributed by atoms with E-state index in [1.54, 1.807) is 0 Å². The summed E-state index contributed by atoms with van der Waals surface area (Å²) in [5.41, 5.74) is 15.1. The van der Waals surface area contributed by atoms with Crippen LogP contribution in [0.5, 0.6) is 0 Å². The molecule has 5 nitrogen and oxygen atoms in total. The van der Waals surface area contributed by atoms with E-state index in [2.05, 4.69) is 44.0 Å². The van der Waals surface area contributed by atoms with Crippen LogP contribution < -0.4 is 5.73 Å². The topological polar surface area (TPSA) is 79.5 Å². The van der Waals surface area contributed by atoms with Gasteiger partial charge in [-0.05, 0) is 82.9 Å². The highest BCUT2D eigenvalue weighted by molar-refractivity contribution is 9.10. The van der Waals surface area contributed by atoms with Gasteiger partial charge in [0.1, 0.15) is 0 Å². The number of hydrogen-bond acceptors (Lipinski definition) is 3. The first-order valence-electron chi connectivity index (χ1n) is 9.29. The van der Waals surface area contributed by atoms with E-state index >= 15 is 0 Å². The standard InChI is InChI=1S/C21H21Br2N3O2/c1-11-17(24)9-16-15(19(11)23)3-2-13-8-14(22)10-25-20(13)18(16)12-4-6-26(7-5-12)21(27)28/h8-10H,2-7,24H2,1H3,(H,27,28). The van der Waals surface area contributed by atoms with Gasteiger partial charge >= 0.3 is 6.09 Å². The largest absolute Gasteiger partial charge is 0.465 e. The Kier molecular flexibility index (Phi) is 5.22. The molecule has 1 aliphatic carbocycles. The number of halogens is 2. The van der Waals surface area contributed by atoms with Crippen molar-refractivity contribution in [2.45, 2.75) is 32.6 Å². The lowest BCUT2D eigenvalue weighted by Crippen LogP contribution is -2.35. The molecule has 0 bridgehead atoms. The van der Waals surface area contributed by atoms with Crippen LogP contribution in [-0.2, 0) is 12.8 Å². The summed E-state index contributed by atoms with van der Waals surface area (Å²) in [6.07, 6.45) is 4.21. The Bertz CT molecular complexity index is 1010. The maximum Gasteiger partial charge on any atom is 0.407 e. The predicted octanol–water partition coefficient (Wildman–Crippen LogP) is 5.17. The van der Waals surface area contributed by atoms with E-state index in [0.29, 0.717) is 25.9 Å². The fourth-order valence-electron chi connectivity index (χ4n) is 4.15. The molecule has 1 saturated heterocycles. The number of pyridine rings is 1. The number of nitrogens with zero attached hydrogens (tertiary/aromatic N) is 2. The lowest BCUT2D eigenvalue weighted by Gasteiger charge is -2.28. The average Bonchev–Trinajstić information content (AvgIpc) is 2.83. The number of nitrogen functional groups attached to an aromatic ring is 1. The molecule has 0 atom stereocenters. The van der Waals surface area contributed by atoms with Gasteiger partial charge in [0, 0.05) is 39.5 Å². The Balaban J connectivity index is 1.94. The number of carbonyl (C=O) groups is 1. The number of aryl methyl sites for hydroxylation is 1. The summed E-state index contributed by atoms with van der Waals surface area (Å²) in [5, 5.41) is 9.30. The van der Waals surface area contributed by atoms with Gasteiger partial charge in [-0.25, -0.2) is 4.79 Å². The maximum absolute atomic E-state index is 11.3. The van der Waals surface area contributed by atoms with E-state index in [1.807, 2.05) is 13.1 Å². The number of likely N-dealkylation sites (tertiary alicyclic amines) is 1. The normalized spacial score (nSPS) is 16.5. The Morgan fingerprint density at radius 1 is 1.18 bits per heavy atom. The second-order valence-corrected chi connectivity index (χ2v) is 9.05. The molecule has 1 fully saturated rings. The molecule has 2 aliphatic rings. The fraction of sp³-hybridized carbons (Fsp3) is 0.333. The highest BCUT2D eigenvalue weighted by Crippen LogP contribution is 2.42. The SMILES string of the molecule is Cc1c(N)cc2c(c1Br)CCc1cc(Br)cnc1C2=C1CCN(C(=O)O)CC1. The highest BCUT2D eigenvalue weighted by Gasteiger charge is 2.28. The molecular weight excluding hydrogens is 486 g/mol. The zero-order valence-electron chi connectivity index (χ0n) is 15.6. The summed E-state index contributed by atoms with van der Waals surface area (Å²) >= 11 is 7.32. The second kappa shape index (κ2) is 7.52. The molecule has 2 aromatic rings. The molecule has 0 saturated carbocycles. The van der Waals surface area contributed by atoms with Crippen LogP contribution >= 0.6 is 31.9 Å². The van der Waals surface area contributed by atoms with Gasteiger partial charge in [-0.2, -0.15) is 0 Å². The van der Waals surface area contributed by atoms with Crippen molar-refractivity contribution in [1.82, 2.24) is 9.88 Å². The first-order chi connectivity index (χ1) is 13.4. The first-order valence-corrected chi connectivity index (χ1v) is 10.9. The zero-order chi connectivity index (χ0) is 20.0. The van der Waals surface area contributed by atoms with Gasteiger partial charge in [0.15, 0.2) is 0 Å². The summed E-state index contributed by atoms with van der Waals surface area (Å²) in [6.45, 7) is 3.06. The molecule has 2 heterocycles. The number of nitrogens with two attached hydrogens (primary N) is 1. The fourth-order valence-corrected chi connectivity index (χ4v) is 5.17. The molecule has 0 unspecified atom stereocenters. The van der Waals surface area contributed by atoms with Crippen molar-refractivity contribution < 1.29 is 9.90 Å². The van der Waals surface area contributed by atoms with Crippen molar-refractivity contribution in [3.8, 4) is 0 Å². The van der Waals surface area contributed by atoms with Crippen LogP contribution in [0.4, 0.5) is 10.5 Å². The van der Waals surface area contributed by atoms with Gasteiger partial charge in [0.2, 0.25) is 0 Å². The summed E-state index contributed by atoms with van der Waals surface area (Å²) in [5.74, 6) is 0. The average molecular weight is 507 g/mol. The molecule has 0 spiro atoms. The van der Waals surface area contributed by atoms with Crippen LogP contribution in [0.2, 0.25) is 0 Å². The third-order valence-electron chi connectivity index (χ3n) is 5.73. The molecule has 28 heavy (non-hydrogen) atoms.